The van der Waals surface area contributed by atoms with Gasteiger partial charge in [0.15, 0.2) is 0 Å². The first-order chi connectivity index (χ1) is 10.8. The summed E-state index contributed by atoms with van der Waals surface area (Å²) in [5.41, 5.74) is 1.91. The molecule has 1 fully saturated rings. The van der Waals surface area contributed by atoms with Crippen molar-refractivity contribution in [1.82, 2.24) is 14.9 Å². The Bertz CT molecular complexity index is 709. The third kappa shape index (κ3) is 3.60. The number of carbonyl (C=O) groups excluding carboxylic acids is 1. The predicted octanol–water partition coefficient (Wildman–Crippen LogP) is 4.44. The van der Waals surface area contributed by atoms with Crippen molar-refractivity contribution in [3.05, 3.63) is 29.0 Å². The molecule has 1 aromatic carbocycles. The number of nitrogens with zero attached hydrogens (tertiary/aromatic N) is 2. The van der Waals surface area contributed by atoms with Gasteiger partial charge in [-0.2, -0.15) is 0 Å². The van der Waals surface area contributed by atoms with Crippen molar-refractivity contribution < 1.29 is 4.79 Å². The van der Waals surface area contributed by atoms with E-state index in [2.05, 4.69) is 49.0 Å². The smallest absolute Gasteiger partial charge is 0.225 e. The highest BCUT2D eigenvalue weighted by molar-refractivity contribution is 9.10. The molecule has 1 amide bonds. The van der Waals surface area contributed by atoms with Gasteiger partial charge in [0.05, 0.1) is 17.4 Å². The zero-order valence-corrected chi connectivity index (χ0v) is 15.6. The molecule has 1 aliphatic carbocycles. The summed E-state index contributed by atoms with van der Waals surface area (Å²) in [5, 5.41) is 3.20. The molecule has 0 aliphatic heterocycles. The van der Waals surface area contributed by atoms with Gasteiger partial charge in [-0.15, -0.1) is 0 Å². The van der Waals surface area contributed by atoms with Crippen LogP contribution >= 0.6 is 15.9 Å². The maximum atomic E-state index is 12.1. The van der Waals surface area contributed by atoms with Gasteiger partial charge < -0.3 is 9.88 Å². The van der Waals surface area contributed by atoms with E-state index in [-0.39, 0.29) is 11.3 Å². The van der Waals surface area contributed by atoms with Crippen LogP contribution in [0, 0.1) is 5.41 Å². The van der Waals surface area contributed by atoms with Gasteiger partial charge in [-0.3, -0.25) is 4.79 Å². The van der Waals surface area contributed by atoms with Crippen molar-refractivity contribution in [1.29, 1.82) is 0 Å². The van der Waals surface area contributed by atoms with E-state index < -0.39 is 0 Å². The summed E-state index contributed by atoms with van der Waals surface area (Å²) in [4.78, 5) is 16.6. The normalized spacial score (nSPS) is 22.3. The van der Waals surface area contributed by atoms with Crippen molar-refractivity contribution in [2.45, 2.75) is 58.5 Å². The second-order valence-corrected chi connectivity index (χ2v) is 8.43. The standard InChI is InChI=1S/C18H24BrN3O/c1-18(2,3)17(23)21-13-5-7-14(8-6-13)22-11-20-15-10-12(19)4-9-16(15)22/h4,9-11,13-14H,5-8H2,1-3H3,(H,21,23). The van der Waals surface area contributed by atoms with E-state index in [1.807, 2.05) is 27.1 Å². The second-order valence-electron chi connectivity index (χ2n) is 7.51. The van der Waals surface area contributed by atoms with Gasteiger partial charge in [-0.1, -0.05) is 36.7 Å². The lowest BCUT2D eigenvalue weighted by atomic mass is 9.89. The van der Waals surface area contributed by atoms with E-state index in [4.69, 9.17) is 0 Å². The van der Waals surface area contributed by atoms with Crippen LogP contribution in [0.4, 0.5) is 0 Å². The summed E-state index contributed by atoms with van der Waals surface area (Å²) in [6, 6.07) is 7.03. The lowest BCUT2D eigenvalue weighted by molar-refractivity contribution is -0.129. The molecule has 1 N–H and O–H groups in total. The third-order valence-corrected chi connectivity index (χ3v) is 5.14. The van der Waals surface area contributed by atoms with Crippen molar-refractivity contribution in [2.24, 2.45) is 5.41 Å². The molecule has 3 rings (SSSR count). The zero-order valence-electron chi connectivity index (χ0n) is 14.0. The van der Waals surface area contributed by atoms with Crippen LogP contribution in [0.3, 0.4) is 0 Å². The number of amides is 1. The topological polar surface area (TPSA) is 46.9 Å². The summed E-state index contributed by atoms with van der Waals surface area (Å²) in [6.45, 7) is 5.89. The van der Waals surface area contributed by atoms with E-state index in [0.29, 0.717) is 12.1 Å². The number of hydrogen-bond donors (Lipinski definition) is 1. The summed E-state index contributed by atoms with van der Waals surface area (Å²) < 4.78 is 3.35. The van der Waals surface area contributed by atoms with Gasteiger partial charge in [0.1, 0.15) is 0 Å². The first-order valence-corrected chi connectivity index (χ1v) is 9.07. The van der Waals surface area contributed by atoms with Crippen molar-refractivity contribution >= 4 is 32.9 Å². The van der Waals surface area contributed by atoms with Crippen LogP contribution in [0.5, 0.6) is 0 Å². The summed E-state index contributed by atoms with van der Waals surface area (Å²) >= 11 is 3.49. The van der Waals surface area contributed by atoms with E-state index in [9.17, 15) is 4.79 Å². The number of nitrogens with one attached hydrogen (secondary N) is 1. The molecule has 0 saturated heterocycles. The van der Waals surface area contributed by atoms with Crippen molar-refractivity contribution in [3.63, 3.8) is 0 Å². The van der Waals surface area contributed by atoms with Gasteiger partial charge in [-0.05, 0) is 43.9 Å². The van der Waals surface area contributed by atoms with Gasteiger partial charge in [0.25, 0.3) is 0 Å². The number of imidazole rings is 1. The maximum absolute atomic E-state index is 12.1. The average Bonchev–Trinajstić information content (AvgIpc) is 2.90. The van der Waals surface area contributed by atoms with Gasteiger partial charge >= 0.3 is 0 Å². The van der Waals surface area contributed by atoms with E-state index in [0.717, 1.165) is 35.7 Å². The Labute approximate surface area is 145 Å². The van der Waals surface area contributed by atoms with Crippen LogP contribution in [-0.4, -0.2) is 21.5 Å². The Kier molecular flexibility index (Phi) is 4.50. The number of rotatable bonds is 2. The van der Waals surface area contributed by atoms with Gasteiger partial charge in [-0.25, -0.2) is 4.98 Å². The number of carbonyl (C=O) groups is 1. The van der Waals surface area contributed by atoms with E-state index in [1.54, 1.807) is 0 Å². The number of fused-ring (bicyclic) bond motifs is 1. The Morgan fingerprint density at radius 3 is 2.61 bits per heavy atom. The fraction of sp³-hybridized carbons (Fsp3) is 0.556. The van der Waals surface area contributed by atoms with E-state index >= 15 is 0 Å². The Morgan fingerprint density at radius 2 is 1.96 bits per heavy atom. The van der Waals surface area contributed by atoms with Crippen LogP contribution in [0.2, 0.25) is 0 Å². The summed E-state index contributed by atoms with van der Waals surface area (Å²) in [7, 11) is 0. The Balaban J connectivity index is 1.65. The molecule has 0 radical (unpaired) electrons. The third-order valence-electron chi connectivity index (χ3n) is 4.64. The monoisotopic (exact) mass is 377 g/mol. The Morgan fingerprint density at radius 1 is 1.26 bits per heavy atom. The fourth-order valence-electron chi connectivity index (χ4n) is 3.20. The van der Waals surface area contributed by atoms with E-state index in [1.165, 1.54) is 5.52 Å². The number of aromatic nitrogens is 2. The quantitative estimate of drug-likeness (QED) is 0.840. The highest BCUT2D eigenvalue weighted by Gasteiger charge is 2.28. The summed E-state index contributed by atoms with van der Waals surface area (Å²) in [6.07, 6.45) is 6.18. The molecule has 1 heterocycles. The van der Waals surface area contributed by atoms with Crippen molar-refractivity contribution in [2.75, 3.05) is 0 Å². The van der Waals surface area contributed by atoms with Crippen LogP contribution in [0.15, 0.2) is 29.0 Å². The number of halogens is 1. The molecule has 0 spiro atoms. The Hall–Kier alpha value is -1.36. The van der Waals surface area contributed by atoms with Crippen LogP contribution in [0.1, 0.15) is 52.5 Å². The van der Waals surface area contributed by atoms with Crippen LogP contribution in [-0.2, 0) is 4.79 Å². The van der Waals surface area contributed by atoms with Crippen LogP contribution in [0.25, 0.3) is 11.0 Å². The predicted molar refractivity (Wildman–Crippen MR) is 96.3 cm³/mol. The first kappa shape index (κ1) is 16.5. The van der Waals surface area contributed by atoms with Crippen molar-refractivity contribution in [3.8, 4) is 0 Å². The molecule has 0 bridgehead atoms. The molecule has 1 aromatic heterocycles. The highest BCUT2D eigenvalue weighted by atomic mass is 79.9. The number of hydrogen-bond acceptors (Lipinski definition) is 2. The molecule has 0 unspecified atom stereocenters. The molecule has 5 heteroatoms. The molecule has 1 saturated carbocycles. The zero-order chi connectivity index (χ0) is 16.6. The molecule has 124 valence electrons. The number of benzene rings is 1. The van der Waals surface area contributed by atoms with Gasteiger partial charge in [0.2, 0.25) is 5.91 Å². The highest BCUT2D eigenvalue weighted by Crippen LogP contribution is 2.32. The minimum Gasteiger partial charge on any atom is -0.353 e. The maximum Gasteiger partial charge on any atom is 0.225 e. The SMILES string of the molecule is CC(C)(C)C(=O)NC1CCC(n2cnc3cc(Br)ccc32)CC1. The largest absolute Gasteiger partial charge is 0.353 e. The molecular weight excluding hydrogens is 354 g/mol. The lowest BCUT2D eigenvalue weighted by Crippen LogP contribution is -2.43. The minimum absolute atomic E-state index is 0.152. The molecule has 23 heavy (non-hydrogen) atoms. The second kappa shape index (κ2) is 6.27. The molecule has 4 nitrogen and oxygen atoms in total. The lowest BCUT2D eigenvalue weighted by Gasteiger charge is -2.32. The molecule has 0 atom stereocenters. The average molecular weight is 378 g/mol. The molecule has 1 aliphatic rings. The summed E-state index contributed by atoms with van der Waals surface area (Å²) in [5.74, 6) is 0.152. The first-order valence-electron chi connectivity index (χ1n) is 8.27. The van der Waals surface area contributed by atoms with Gasteiger partial charge in [0, 0.05) is 22.0 Å². The minimum atomic E-state index is -0.315. The fourth-order valence-corrected chi connectivity index (χ4v) is 3.55. The molecule has 2 aromatic rings. The molecular formula is C18H24BrN3O. The van der Waals surface area contributed by atoms with Crippen LogP contribution < -0.4 is 5.32 Å².